The number of benzene rings is 1. The summed E-state index contributed by atoms with van der Waals surface area (Å²) >= 11 is 0. The first-order chi connectivity index (χ1) is 11.3. The Hall–Kier alpha value is -0.900. The van der Waals surface area contributed by atoms with Crippen LogP contribution in [0.15, 0.2) is 30.3 Å². The molecule has 2 rings (SSSR count). The molecule has 1 aliphatic rings. The normalized spacial score (nSPS) is 14.4. The summed E-state index contributed by atoms with van der Waals surface area (Å²) in [6.07, 6.45) is 4.99. The minimum absolute atomic E-state index is 0.736. The third-order valence-electron chi connectivity index (χ3n) is 3.41. The van der Waals surface area contributed by atoms with Crippen LogP contribution in [0.25, 0.3) is 0 Å². The van der Waals surface area contributed by atoms with Crippen LogP contribution in [0, 0.1) is 0 Å². The van der Waals surface area contributed by atoms with Crippen molar-refractivity contribution in [2.45, 2.75) is 59.4 Å². The summed E-state index contributed by atoms with van der Waals surface area (Å²) in [5.74, 6) is 0. The fraction of sp³-hybridized carbons (Fsp3) is 0.700. The summed E-state index contributed by atoms with van der Waals surface area (Å²) in [5, 5.41) is 3.66. The SMILES string of the molecule is CC.CCC.CN.CN1CCC(NCCc2ccccc2)CC1. The second kappa shape index (κ2) is 19.1. The van der Waals surface area contributed by atoms with Crippen molar-refractivity contribution in [1.29, 1.82) is 0 Å². The summed E-state index contributed by atoms with van der Waals surface area (Å²) in [6.45, 7) is 11.8. The predicted octanol–water partition coefficient (Wildman–Crippen LogP) is 3.93. The number of likely N-dealkylation sites (tertiary alicyclic amines) is 1. The summed E-state index contributed by atoms with van der Waals surface area (Å²) < 4.78 is 0. The molecule has 0 amide bonds. The van der Waals surface area contributed by atoms with Gasteiger partial charge in [-0.3, -0.25) is 0 Å². The van der Waals surface area contributed by atoms with Crippen LogP contribution in [-0.4, -0.2) is 44.7 Å². The molecule has 1 aromatic rings. The number of hydrogen-bond acceptors (Lipinski definition) is 3. The fourth-order valence-electron chi connectivity index (χ4n) is 2.28. The molecule has 0 spiro atoms. The Morgan fingerprint density at radius 3 is 2.00 bits per heavy atom. The van der Waals surface area contributed by atoms with E-state index in [1.165, 1.54) is 45.0 Å². The van der Waals surface area contributed by atoms with Crippen LogP contribution in [0.5, 0.6) is 0 Å². The molecule has 0 radical (unpaired) electrons. The molecule has 23 heavy (non-hydrogen) atoms. The highest BCUT2D eigenvalue weighted by molar-refractivity contribution is 5.14. The quantitative estimate of drug-likeness (QED) is 0.882. The highest BCUT2D eigenvalue weighted by Gasteiger charge is 2.15. The Labute approximate surface area is 145 Å². The molecule has 0 atom stereocenters. The van der Waals surface area contributed by atoms with E-state index in [4.69, 9.17) is 0 Å². The molecular weight excluding hydrogens is 282 g/mol. The number of rotatable bonds is 4. The summed E-state index contributed by atoms with van der Waals surface area (Å²) in [5.41, 5.74) is 5.93. The van der Waals surface area contributed by atoms with Gasteiger partial charge in [-0.15, -0.1) is 0 Å². The van der Waals surface area contributed by atoms with E-state index < -0.39 is 0 Å². The highest BCUT2D eigenvalue weighted by atomic mass is 15.1. The van der Waals surface area contributed by atoms with Gasteiger partial charge in [0.15, 0.2) is 0 Å². The number of nitrogens with zero attached hydrogens (tertiary/aromatic N) is 1. The van der Waals surface area contributed by atoms with E-state index in [1.807, 2.05) is 13.8 Å². The lowest BCUT2D eigenvalue weighted by atomic mass is 10.1. The van der Waals surface area contributed by atoms with Crippen LogP contribution in [0.1, 0.15) is 52.5 Å². The van der Waals surface area contributed by atoms with Gasteiger partial charge in [-0.2, -0.15) is 0 Å². The molecule has 0 bridgehead atoms. The third kappa shape index (κ3) is 14.4. The second-order valence-corrected chi connectivity index (χ2v) is 5.47. The van der Waals surface area contributed by atoms with Gasteiger partial charge >= 0.3 is 0 Å². The zero-order valence-corrected chi connectivity index (χ0v) is 16.4. The summed E-state index contributed by atoms with van der Waals surface area (Å²) in [7, 11) is 3.71. The van der Waals surface area contributed by atoms with Crippen LogP contribution in [0.4, 0.5) is 0 Å². The largest absolute Gasteiger partial charge is 0.333 e. The smallest absolute Gasteiger partial charge is 0.00915 e. The molecule has 1 heterocycles. The Morgan fingerprint density at radius 2 is 1.52 bits per heavy atom. The molecule has 1 aromatic carbocycles. The van der Waals surface area contributed by atoms with E-state index in [2.05, 4.69) is 67.2 Å². The molecule has 0 saturated carbocycles. The topological polar surface area (TPSA) is 41.3 Å². The van der Waals surface area contributed by atoms with E-state index >= 15 is 0 Å². The van der Waals surface area contributed by atoms with E-state index in [0.29, 0.717) is 0 Å². The van der Waals surface area contributed by atoms with E-state index in [0.717, 1.165) is 19.0 Å². The maximum atomic E-state index is 4.50. The Balaban J connectivity index is 0. The average Bonchev–Trinajstić information content (AvgIpc) is 2.62. The van der Waals surface area contributed by atoms with E-state index in [9.17, 15) is 0 Å². The summed E-state index contributed by atoms with van der Waals surface area (Å²) in [6, 6.07) is 11.5. The van der Waals surface area contributed by atoms with Crippen molar-refractivity contribution in [3.63, 3.8) is 0 Å². The first kappa shape index (κ1) is 24.4. The maximum Gasteiger partial charge on any atom is 0.00915 e. The highest BCUT2D eigenvalue weighted by Crippen LogP contribution is 2.08. The van der Waals surface area contributed by atoms with Gasteiger partial charge in [0, 0.05) is 6.04 Å². The van der Waals surface area contributed by atoms with Gasteiger partial charge in [-0.05, 0) is 58.6 Å². The fourth-order valence-corrected chi connectivity index (χ4v) is 2.28. The molecule has 1 saturated heterocycles. The molecular formula is C20H41N3. The van der Waals surface area contributed by atoms with Crippen molar-refractivity contribution in [3.05, 3.63) is 35.9 Å². The molecule has 1 fully saturated rings. The molecule has 136 valence electrons. The minimum atomic E-state index is 0.736. The molecule has 1 aliphatic heterocycles. The number of nitrogens with one attached hydrogen (secondary N) is 1. The Bertz CT molecular complexity index is 306. The zero-order chi connectivity index (χ0) is 17.9. The average molecular weight is 324 g/mol. The predicted molar refractivity (Wildman–Crippen MR) is 106 cm³/mol. The van der Waals surface area contributed by atoms with Gasteiger partial charge in [-0.1, -0.05) is 64.4 Å². The van der Waals surface area contributed by atoms with Crippen LogP contribution in [-0.2, 0) is 6.42 Å². The first-order valence-corrected chi connectivity index (χ1v) is 9.29. The van der Waals surface area contributed by atoms with Gasteiger partial charge in [0.05, 0.1) is 0 Å². The minimum Gasteiger partial charge on any atom is -0.333 e. The molecule has 0 aromatic heterocycles. The number of hydrogen-bond donors (Lipinski definition) is 2. The zero-order valence-electron chi connectivity index (χ0n) is 16.4. The maximum absolute atomic E-state index is 4.50. The van der Waals surface area contributed by atoms with Crippen LogP contribution in [0.2, 0.25) is 0 Å². The molecule has 3 N–H and O–H groups in total. The number of nitrogens with two attached hydrogens (primary N) is 1. The molecule has 3 nitrogen and oxygen atoms in total. The van der Waals surface area contributed by atoms with Crippen molar-refractivity contribution < 1.29 is 0 Å². The van der Waals surface area contributed by atoms with Gasteiger partial charge in [-0.25, -0.2) is 0 Å². The molecule has 0 unspecified atom stereocenters. The van der Waals surface area contributed by atoms with Crippen molar-refractivity contribution in [1.82, 2.24) is 10.2 Å². The van der Waals surface area contributed by atoms with Crippen molar-refractivity contribution in [2.75, 3.05) is 33.7 Å². The molecule has 3 heteroatoms. The number of piperidine rings is 1. The lowest BCUT2D eigenvalue weighted by Gasteiger charge is -2.29. The van der Waals surface area contributed by atoms with E-state index in [1.54, 1.807) is 0 Å². The van der Waals surface area contributed by atoms with Gasteiger partial charge in [0.2, 0.25) is 0 Å². The third-order valence-corrected chi connectivity index (χ3v) is 3.41. The van der Waals surface area contributed by atoms with Crippen molar-refractivity contribution in [3.8, 4) is 0 Å². The Morgan fingerprint density at radius 1 is 1.04 bits per heavy atom. The van der Waals surface area contributed by atoms with Crippen LogP contribution >= 0.6 is 0 Å². The lowest BCUT2D eigenvalue weighted by Crippen LogP contribution is -2.41. The van der Waals surface area contributed by atoms with Crippen LogP contribution < -0.4 is 11.1 Å². The standard InChI is InChI=1S/C14H22N2.C3H8.C2H6.CH5N/c1-16-11-8-14(9-12-16)15-10-7-13-5-3-2-4-6-13;1-3-2;2*1-2/h2-6,14-15H,7-12H2,1H3;3H2,1-2H3;1-2H3;2H2,1H3. The van der Waals surface area contributed by atoms with Gasteiger partial charge in [0.1, 0.15) is 0 Å². The monoisotopic (exact) mass is 323 g/mol. The van der Waals surface area contributed by atoms with E-state index in [-0.39, 0.29) is 0 Å². The lowest BCUT2D eigenvalue weighted by molar-refractivity contribution is 0.235. The van der Waals surface area contributed by atoms with Gasteiger partial charge < -0.3 is 16.0 Å². The second-order valence-electron chi connectivity index (χ2n) is 5.47. The van der Waals surface area contributed by atoms with Crippen molar-refractivity contribution in [2.24, 2.45) is 5.73 Å². The molecule has 0 aliphatic carbocycles. The van der Waals surface area contributed by atoms with Gasteiger partial charge in [0.25, 0.3) is 0 Å². The first-order valence-electron chi connectivity index (χ1n) is 9.29. The van der Waals surface area contributed by atoms with Crippen LogP contribution in [0.3, 0.4) is 0 Å². The van der Waals surface area contributed by atoms with Crippen molar-refractivity contribution >= 4 is 0 Å². The summed E-state index contributed by atoms with van der Waals surface area (Å²) in [4.78, 5) is 2.41. The Kier molecular flexibility index (Phi) is 20.3.